The topological polar surface area (TPSA) is 106 Å². The van der Waals surface area contributed by atoms with Crippen molar-refractivity contribution >= 4 is 23.2 Å². The molecule has 2 aromatic carbocycles. The van der Waals surface area contributed by atoms with Crippen LogP contribution in [0.25, 0.3) is 0 Å². The Morgan fingerprint density at radius 1 is 1.18 bits per heavy atom. The van der Waals surface area contributed by atoms with E-state index in [2.05, 4.69) is 20.8 Å². The Kier molecular flexibility index (Phi) is 4.76. The van der Waals surface area contributed by atoms with Crippen molar-refractivity contribution in [1.29, 1.82) is 0 Å². The van der Waals surface area contributed by atoms with Gasteiger partial charge in [-0.1, -0.05) is 36.4 Å². The first kappa shape index (κ1) is 17.7. The highest BCUT2D eigenvalue weighted by molar-refractivity contribution is 6.00. The lowest BCUT2D eigenvalue weighted by molar-refractivity contribution is -0.118. The van der Waals surface area contributed by atoms with Gasteiger partial charge in [-0.15, -0.1) is 10.2 Å². The third-order valence-corrected chi connectivity index (χ3v) is 4.34. The molecule has 0 aliphatic carbocycles. The van der Waals surface area contributed by atoms with Crippen molar-refractivity contribution in [2.75, 3.05) is 17.2 Å². The maximum atomic E-state index is 12.8. The molecule has 3 aromatic rings. The number of fused-ring (bicyclic) bond motifs is 1. The Balaban J connectivity index is 1.56. The van der Waals surface area contributed by atoms with Gasteiger partial charge < -0.3 is 19.8 Å². The van der Waals surface area contributed by atoms with Crippen LogP contribution in [0.3, 0.4) is 0 Å². The number of ether oxygens (including phenoxy) is 1. The molecule has 1 aliphatic rings. The molecule has 0 bridgehead atoms. The van der Waals surface area contributed by atoms with Crippen LogP contribution in [0.4, 0.5) is 11.4 Å². The monoisotopic (exact) mass is 378 g/mol. The largest absolute Gasteiger partial charge is 0.479 e. The van der Waals surface area contributed by atoms with Crippen molar-refractivity contribution in [3.8, 4) is 5.75 Å². The number of aromatic nitrogens is 2. The Bertz CT molecular complexity index is 1020. The van der Waals surface area contributed by atoms with E-state index in [4.69, 9.17) is 9.15 Å². The second-order valence-corrected chi connectivity index (χ2v) is 6.39. The molecule has 0 radical (unpaired) electrons. The summed E-state index contributed by atoms with van der Waals surface area (Å²) in [5.74, 6) is 0.434. The molecule has 1 aliphatic heterocycles. The molecule has 28 heavy (non-hydrogen) atoms. The van der Waals surface area contributed by atoms with Crippen LogP contribution in [-0.4, -0.2) is 28.6 Å². The van der Waals surface area contributed by atoms with E-state index in [1.165, 1.54) is 0 Å². The molecule has 142 valence electrons. The zero-order valence-corrected chi connectivity index (χ0v) is 15.1. The molecule has 0 spiro atoms. The second-order valence-electron chi connectivity index (χ2n) is 6.39. The molecular weight excluding hydrogens is 360 g/mol. The van der Waals surface area contributed by atoms with Crippen molar-refractivity contribution in [3.63, 3.8) is 0 Å². The van der Waals surface area contributed by atoms with Crippen molar-refractivity contribution in [2.45, 2.75) is 19.3 Å². The third-order valence-electron chi connectivity index (χ3n) is 4.34. The van der Waals surface area contributed by atoms with E-state index in [0.717, 1.165) is 5.56 Å². The summed E-state index contributed by atoms with van der Waals surface area (Å²) in [7, 11) is 0. The van der Waals surface area contributed by atoms with Gasteiger partial charge >= 0.3 is 0 Å². The van der Waals surface area contributed by atoms with Gasteiger partial charge in [0.1, 0.15) is 0 Å². The standard InChI is InChI=1S/C20H18N4O4/c1-12-23-24-20(28-12)14(13-6-3-2-4-7-13)10-17(25)21-15-8-5-9-16-19(15)27-11-18(26)22-16/h2-9,14H,10-11H2,1H3,(H,21,25)(H,22,26). The molecule has 4 rings (SSSR count). The molecule has 8 nitrogen and oxygen atoms in total. The lowest BCUT2D eigenvalue weighted by atomic mass is 9.95. The second kappa shape index (κ2) is 7.51. The number of nitrogens with zero attached hydrogens (tertiary/aromatic N) is 2. The predicted molar refractivity (Wildman–Crippen MR) is 101 cm³/mol. The maximum Gasteiger partial charge on any atom is 0.262 e. The highest BCUT2D eigenvalue weighted by Crippen LogP contribution is 2.36. The number of amides is 2. The Morgan fingerprint density at radius 2 is 2.00 bits per heavy atom. The molecule has 0 saturated heterocycles. The van der Waals surface area contributed by atoms with E-state index in [1.54, 1.807) is 25.1 Å². The number of benzene rings is 2. The Morgan fingerprint density at radius 3 is 2.75 bits per heavy atom. The summed E-state index contributed by atoms with van der Waals surface area (Å²) in [6.07, 6.45) is 0.113. The van der Waals surface area contributed by atoms with Gasteiger partial charge in [-0.05, 0) is 17.7 Å². The van der Waals surface area contributed by atoms with Crippen LogP contribution in [0.1, 0.15) is 29.7 Å². The maximum absolute atomic E-state index is 12.8. The van der Waals surface area contributed by atoms with Gasteiger partial charge in [0.2, 0.25) is 17.7 Å². The molecule has 1 atom stereocenters. The number of para-hydroxylation sites is 1. The van der Waals surface area contributed by atoms with E-state index < -0.39 is 0 Å². The Hall–Kier alpha value is -3.68. The zero-order valence-electron chi connectivity index (χ0n) is 15.1. The molecule has 2 N–H and O–H groups in total. The predicted octanol–water partition coefficient (Wildman–Crippen LogP) is 2.87. The van der Waals surface area contributed by atoms with Gasteiger partial charge in [-0.25, -0.2) is 0 Å². The number of aryl methyl sites for hydroxylation is 1. The zero-order chi connectivity index (χ0) is 19.5. The molecule has 0 fully saturated rings. The van der Waals surface area contributed by atoms with Gasteiger partial charge in [-0.3, -0.25) is 9.59 Å². The summed E-state index contributed by atoms with van der Waals surface area (Å²) in [5.41, 5.74) is 1.93. The molecule has 0 saturated carbocycles. The molecule has 2 heterocycles. The van der Waals surface area contributed by atoms with E-state index in [1.807, 2.05) is 30.3 Å². The van der Waals surface area contributed by atoms with Gasteiger partial charge in [0.05, 0.1) is 17.3 Å². The van der Waals surface area contributed by atoms with Gasteiger partial charge in [0.25, 0.3) is 5.91 Å². The van der Waals surface area contributed by atoms with Crippen LogP contribution in [0.5, 0.6) is 5.75 Å². The highest BCUT2D eigenvalue weighted by Gasteiger charge is 2.25. The Labute approximate surface area is 160 Å². The summed E-state index contributed by atoms with van der Waals surface area (Å²) in [6.45, 7) is 1.62. The van der Waals surface area contributed by atoms with E-state index in [9.17, 15) is 9.59 Å². The minimum atomic E-state index is -0.373. The van der Waals surface area contributed by atoms with Gasteiger partial charge in [0, 0.05) is 13.3 Å². The average Bonchev–Trinajstić information content (AvgIpc) is 3.13. The van der Waals surface area contributed by atoms with Crippen LogP contribution >= 0.6 is 0 Å². The number of carbonyl (C=O) groups is 2. The fraction of sp³-hybridized carbons (Fsp3) is 0.200. The van der Waals surface area contributed by atoms with Crippen LogP contribution in [-0.2, 0) is 9.59 Å². The molecule has 1 unspecified atom stereocenters. The molecule has 8 heteroatoms. The number of hydrogen-bond acceptors (Lipinski definition) is 6. The first-order valence-corrected chi connectivity index (χ1v) is 8.80. The summed E-state index contributed by atoms with van der Waals surface area (Å²) >= 11 is 0. The number of anilines is 2. The van der Waals surface area contributed by atoms with Crippen molar-refractivity contribution in [2.24, 2.45) is 0 Å². The number of hydrogen-bond donors (Lipinski definition) is 2. The summed E-state index contributed by atoms with van der Waals surface area (Å²) in [6, 6.07) is 14.7. The number of nitrogens with one attached hydrogen (secondary N) is 2. The smallest absolute Gasteiger partial charge is 0.262 e. The van der Waals surface area contributed by atoms with Gasteiger partial charge in [0.15, 0.2) is 12.4 Å². The third kappa shape index (κ3) is 3.71. The molecule has 1 aromatic heterocycles. The minimum absolute atomic E-state index is 0.0895. The quantitative estimate of drug-likeness (QED) is 0.707. The van der Waals surface area contributed by atoms with Crippen LogP contribution in [0.2, 0.25) is 0 Å². The van der Waals surface area contributed by atoms with Crippen LogP contribution in [0.15, 0.2) is 52.9 Å². The fourth-order valence-corrected chi connectivity index (χ4v) is 3.09. The average molecular weight is 378 g/mol. The van der Waals surface area contributed by atoms with Crippen molar-refractivity contribution in [3.05, 3.63) is 65.9 Å². The minimum Gasteiger partial charge on any atom is -0.479 e. The SMILES string of the molecule is Cc1nnc(C(CC(=O)Nc2cccc3c2OCC(=O)N3)c2ccccc2)o1. The fourth-order valence-electron chi connectivity index (χ4n) is 3.09. The first-order chi connectivity index (χ1) is 13.6. The van der Waals surface area contributed by atoms with E-state index >= 15 is 0 Å². The van der Waals surface area contributed by atoms with Gasteiger partial charge in [-0.2, -0.15) is 0 Å². The normalized spacial score (nSPS) is 13.8. The first-order valence-electron chi connectivity index (χ1n) is 8.80. The van der Waals surface area contributed by atoms with E-state index in [-0.39, 0.29) is 30.8 Å². The lowest BCUT2D eigenvalue weighted by Crippen LogP contribution is -2.26. The highest BCUT2D eigenvalue weighted by atomic mass is 16.5. The van der Waals surface area contributed by atoms with Crippen LogP contribution < -0.4 is 15.4 Å². The summed E-state index contributed by atoms with van der Waals surface area (Å²) in [5, 5.41) is 13.5. The van der Waals surface area contributed by atoms with E-state index in [0.29, 0.717) is 28.9 Å². The summed E-state index contributed by atoms with van der Waals surface area (Å²) in [4.78, 5) is 24.3. The van der Waals surface area contributed by atoms with Crippen LogP contribution in [0, 0.1) is 6.92 Å². The number of carbonyl (C=O) groups excluding carboxylic acids is 2. The lowest BCUT2D eigenvalue weighted by Gasteiger charge is -2.21. The molecular formula is C20H18N4O4. The van der Waals surface area contributed by atoms with Crippen molar-refractivity contribution in [1.82, 2.24) is 10.2 Å². The summed E-state index contributed by atoms with van der Waals surface area (Å²) < 4.78 is 11.1. The van der Waals surface area contributed by atoms with Crippen molar-refractivity contribution < 1.29 is 18.7 Å². The molecule has 2 amide bonds. The number of rotatable bonds is 5.